The zero-order valence-corrected chi connectivity index (χ0v) is 15.3. The number of fused-ring (bicyclic) bond motifs is 2. The molecule has 2 heterocycles. The second kappa shape index (κ2) is 7.07. The molecule has 3 atom stereocenters. The van der Waals surface area contributed by atoms with Crippen LogP contribution in [0.3, 0.4) is 0 Å². The van der Waals surface area contributed by atoms with E-state index in [-0.39, 0.29) is 0 Å². The number of anilines is 1. The van der Waals surface area contributed by atoms with E-state index in [1.807, 2.05) is 0 Å². The summed E-state index contributed by atoms with van der Waals surface area (Å²) >= 11 is 0. The van der Waals surface area contributed by atoms with Gasteiger partial charge in [-0.25, -0.2) is 0 Å². The Labute approximate surface area is 147 Å². The van der Waals surface area contributed by atoms with Crippen LogP contribution in [0.5, 0.6) is 0 Å². The van der Waals surface area contributed by atoms with Crippen molar-refractivity contribution in [2.75, 3.05) is 5.73 Å². The van der Waals surface area contributed by atoms with Gasteiger partial charge in [0.15, 0.2) is 0 Å². The highest BCUT2D eigenvalue weighted by molar-refractivity contribution is 5.46. The van der Waals surface area contributed by atoms with E-state index in [0.29, 0.717) is 0 Å². The fourth-order valence-electron chi connectivity index (χ4n) is 6.05. The normalized spacial score (nSPS) is 32.8. The van der Waals surface area contributed by atoms with Crippen molar-refractivity contribution in [3.63, 3.8) is 0 Å². The maximum Gasteiger partial charge on any atom is 0.0346 e. The Morgan fingerprint density at radius 2 is 1.67 bits per heavy atom. The van der Waals surface area contributed by atoms with Crippen LogP contribution in [0.1, 0.15) is 70.3 Å². The molecule has 2 bridgehead atoms. The molecule has 2 unspecified atom stereocenters. The third-order valence-electron chi connectivity index (χ3n) is 7.25. The molecule has 3 fully saturated rings. The molecular formula is C22H34N2. The number of hydrogen-bond donors (Lipinski definition) is 1. The first-order valence-electron chi connectivity index (χ1n) is 10.3. The molecule has 0 amide bonds. The molecule has 2 nitrogen and oxygen atoms in total. The minimum absolute atomic E-state index is 0.811. The Kier molecular flexibility index (Phi) is 4.85. The monoisotopic (exact) mass is 326 g/mol. The van der Waals surface area contributed by atoms with Crippen molar-refractivity contribution in [1.82, 2.24) is 4.90 Å². The molecule has 1 saturated carbocycles. The second-order valence-electron chi connectivity index (χ2n) is 8.71. The summed E-state index contributed by atoms with van der Waals surface area (Å²) in [6, 6.07) is 11.0. The smallest absolute Gasteiger partial charge is 0.0346 e. The molecule has 4 rings (SSSR count). The van der Waals surface area contributed by atoms with Crippen LogP contribution in [-0.2, 0) is 6.42 Å². The van der Waals surface area contributed by atoms with Crippen molar-refractivity contribution in [2.45, 2.75) is 89.3 Å². The van der Waals surface area contributed by atoms with Gasteiger partial charge in [0.2, 0.25) is 0 Å². The quantitative estimate of drug-likeness (QED) is 0.787. The number of piperidine rings is 1. The Hall–Kier alpha value is -1.02. The zero-order valence-electron chi connectivity index (χ0n) is 15.3. The van der Waals surface area contributed by atoms with E-state index >= 15 is 0 Å². The van der Waals surface area contributed by atoms with Crippen LogP contribution in [0.4, 0.5) is 5.69 Å². The minimum atomic E-state index is 0.811. The van der Waals surface area contributed by atoms with Gasteiger partial charge in [0.05, 0.1) is 0 Å². The lowest BCUT2D eigenvalue weighted by molar-refractivity contribution is 0.0310. The molecule has 3 aliphatic rings. The third-order valence-corrected chi connectivity index (χ3v) is 7.25. The molecule has 132 valence electrons. The highest BCUT2D eigenvalue weighted by Crippen LogP contribution is 2.44. The molecular weight excluding hydrogens is 292 g/mol. The molecule has 0 radical (unpaired) electrons. The SMILES string of the molecule is C[C@H](C1CCCCC1)N1C2CCC1CC(Cc1ccccc1N)C2. The summed E-state index contributed by atoms with van der Waals surface area (Å²) in [7, 11) is 0. The van der Waals surface area contributed by atoms with Crippen LogP contribution in [0.15, 0.2) is 24.3 Å². The fourth-order valence-corrected chi connectivity index (χ4v) is 6.05. The van der Waals surface area contributed by atoms with E-state index in [1.165, 1.54) is 69.8 Å². The van der Waals surface area contributed by atoms with E-state index in [0.717, 1.165) is 35.6 Å². The summed E-state index contributed by atoms with van der Waals surface area (Å²) in [5, 5.41) is 0. The van der Waals surface area contributed by atoms with E-state index in [1.54, 1.807) is 0 Å². The average molecular weight is 327 g/mol. The topological polar surface area (TPSA) is 29.3 Å². The summed E-state index contributed by atoms with van der Waals surface area (Å²) in [6.45, 7) is 2.54. The van der Waals surface area contributed by atoms with Gasteiger partial charge < -0.3 is 5.73 Å². The number of nitrogen functional groups attached to an aromatic ring is 1. The second-order valence-corrected chi connectivity index (χ2v) is 8.71. The first-order chi connectivity index (χ1) is 11.7. The Morgan fingerprint density at radius 1 is 1.00 bits per heavy atom. The van der Waals surface area contributed by atoms with Crippen LogP contribution in [0.25, 0.3) is 0 Å². The molecule has 1 aromatic rings. The number of para-hydroxylation sites is 1. The van der Waals surface area contributed by atoms with E-state index < -0.39 is 0 Å². The van der Waals surface area contributed by atoms with Gasteiger partial charge in [0, 0.05) is 23.8 Å². The van der Waals surface area contributed by atoms with Crippen LogP contribution < -0.4 is 5.73 Å². The van der Waals surface area contributed by atoms with Gasteiger partial charge in [-0.15, -0.1) is 0 Å². The molecule has 24 heavy (non-hydrogen) atoms. The summed E-state index contributed by atoms with van der Waals surface area (Å²) in [5.41, 5.74) is 8.55. The number of rotatable bonds is 4. The number of nitrogens with two attached hydrogens (primary N) is 1. The lowest BCUT2D eigenvalue weighted by Crippen LogP contribution is -2.50. The van der Waals surface area contributed by atoms with Gasteiger partial charge in [0.1, 0.15) is 0 Å². The molecule has 2 saturated heterocycles. The predicted molar refractivity (Wildman–Crippen MR) is 102 cm³/mol. The Bertz CT molecular complexity index is 535. The lowest BCUT2D eigenvalue weighted by Gasteiger charge is -2.46. The number of benzene rings is 1. The van der Waals surface area contributed by atoms with Crippen molar-refractivity contribution in [1.29, 1.82) is 0 Å². The lowest BCUT2D eigenvalue weighted by atomic mass is 9.80. The molecule has 2 N–H and O–H groups in total. The standard InChI is InChI=1S/C22H34N2/c1-16(18-7-3-2-4-8-18)24-20-11-12-21(24)15-17(14-20)13-19-9-5-6-10-22(19)23/h5-6,9-10,16-18,20-21H,2-4,7-8,11-15,23H2,1H3/t16-,17?,20?,21?/m1/s1. The van der Waals surface area contributed by atoms with Crippen LogP contribution >= 0.6 is 0 Å². The fraction of sp³-hybridized carbons (Fsp3) is 0.727. The first kappa shape index (κ1) is 16.4. The Morgan fingerprint density at radius 3 is 2.33 bits per heavy atom. The molecule has 0 spiro atoms. The van der Waals surface area contributed by atoms with Gasteiger partial charge in [-0.3, -0.25) is 4.90 Å². The van der Waals surface area contributed by atoms with E-state index in [2.05, 4.69) is 36.1 Å². The van der Waals surface area contributed by atoms with Gasteiger partial charge in [0.25, 0.3) is 0 Å². The molecule has 0 aromatic heterocycles. The summed E-state index contributed by atoms with van der Waals surface area (Å²) < 4.78 is 0. The first-order valence-corrected chi connectivity index (χ1v) is 10.3. The van der Waals surface area contributed by atoms with Crippen molar-refractivity contribution >= 4 is 5.69 Å². The maximum atomic E-state index is 6.19. The summed E-state index contributed by atoms with van der Waals surface area (Å²) in [5.74, 6) is 1.80. The Balaban J connectivity index is 1.41. The van der Waals surface area contributed by atoms with Crippen molar-refractivity contribution in [3.8, 4) is 0 Å². The van der Waals surface area contributed by atoms with Crippen molar-refractivity contribution in [2.24, 2.45) is 11.8 Å². The summed E-state index contributed by atoms with van der Waals surface area (Å²) in [4.78, 5) is 2.96. The largest absolute Gasteiger partial charge is 0.399 e. The van der Waals surface area contributed by atoms with E-state index in [4.69, 9.17) is 5.73 Å². The highest BCUT2D eigenvalue weighted by Gasteiger charge is 2.44. The van der Waals surface area contributed by atoms with Crippen LogP contribution in [0.2, 0.25) is 0 Å². The zero-order chi connectivity index (χ0) is 16.5. The van der Waals surface area contributed by atoms with E-state index in [9.17, 15) is 0 Å². The van der Waals surface area contributed by atoms with Crippen molar-refractivity contribution < 1.29 is 0 Å². The highest BCUT2D eigenvalue weighted by atomic mass is 15.2. The maximum absolute atomic E-state index is 6.19. The number of nitrogens with zero attached hydrogens (tertiary/aromatic N) is 1. The average Bonchev–Trinajstić information content (AvgIpc) is 2.88. The van der Waals surface area contributed by atoms with Crippen LogP contribution in [0, 0.1) is 11.8 Å². The van der Waals surface area contributed by atoms with Gasteiger partial charge >= 0.3 is 0 Å². The predicted octanol–water partition coefficient (Wildman–Crippen LogP) is 5.02. The number of hydrogen-bond acceptors (Lipinski definition) is 2. The molecule has 2 heteroatoms. The van der Waals surface area contributed by atoms with Crippen LogP contribution in [-0.4, -0.2) is 23.0 Å². The third kappa shape index (κ3) is 3.22. The molecule has 1 aliphatic carbocycles. The molecule has 1 aromatic carbocycles. The van der Waals surface area contributed by atoms with Gasteiger partial charge in [-0.1, -0.05) is 37.5 Å². The van der Waals surface area contributed by atoms with Gasteiger partial charge in [-0.05, 0) is 75.3 Å². The van der Waals surface area contributed by atoms with Gasteiger partial charge in [-0.2, -0.15) is 0 Å². The minimum Gasteiger partial charge on any atom is -0.399 e. The van der Waals surface area contributed by atoms with Crippen molar-refractivity contribution in [3.05, 3.63) is 29.8 Å². The molecule has 2 aliphatic heterocycles. The summed E-state index contributed by atoms with van der Waals surface area (Å²) in [6.07, 6.45) is 14.2.